The molecule has 0 bridgehead atoms. The molecule has 3 nitrogen and oxygen atoms in total. The van der Waals surface area contributed by atoms with E-state index in [1.165, 1.54) is 12.8 Å². The summed E-state index contributed by atoms with van der Waals surface area (Å²) < 4.78 is 5.99. The maximum atomic E-state index is 12.1. The van der Waals surface area contributed by atoms with Crippen LogP contribution in [0.2, 0.25) is 0 Å². The Balaban J connectivity index is 2.09. The van der Waals surface area contributed by atoms with Gasteiger partial charge in [0, 0.05) is 32.4 Å². The van der Waals surface area contributed by atoms with Gasteiger partial charge in [-0.1, -0.05) is 50.6 Å². The topological polar surface area (TPSA) is 29.5 Å². The third kappa shape index (κ3) is 4.33. The Kier molecular flexibility index (Phi) is 6.44. The summed E-state index contributed by atoms with van der Waals surface area (Å²) >= 11 is 0. The zero-order chi connectivity index (χ0) is 15.8. The maximum absolute atomic E-state index is 12.1. The van der Waals surface area contributed by atoms with Crippen LogP contribution in [-0.2, 0) is 15.1 Å². The Morgan fingerprint density at radius 2 is 1.82 bits per heavy atom. The molecule has 0 aromatic heterocycles. The molecule has 1 aromatic carbocycles. The van der Waals surface area contributed by atoms with Gasteiger partial charge in [0.15, 0.2) is 0 Å². The van der Waals surface area contributed by atoms with Gasteiger partial charge in [-0.3, -0.25) is 4.79 Å². The number of likely N-dealkylation sites (tertiary alicyclic amines) is 1. The van der Waals surface area contributed by atoms with E-state index in [4.69, 9.17) is 4.74 Å². The zero-order valence-electron chi connectivity index (χ0n) is 14.0. The summed E-state index contributed by atoms with van der Waals surface area (Å²) in [5, 5.41) is 0. The molecule has 122 valence electrons. The number of unbranched alkanes of at least 4 members (excludes halogenated alkanes) is 1. The molecule has 0 N–H and O–H groups in total. The van der Waals surface area contributed by atoms with E-state index in [0.717, 1.165) is 44.5 Å². The van der Waals surface area contributed by atoms with Gasteiger partial charge in [-0.15, -0.1) is 0 Å². The third-order valence-electron chi connectivity index (χ3n) is 4.55. The lowest BCUT2D eigenvalue weighted by molar-refractivity contribution is -0.167. The molecule has 3 heteroatoms. The molecular formula is C19H29NO2. The lowest BCUT2D eigenvalue weighted by Crippen LogP contribution is -2.45. The van der Waals surface area contributed by atoms with Crippen LogP contribution in [0.5, 0.6) is 0 Å². The van der Waals surface area contributed by atoms with E-state index in [0.29, 0.717) is 6.42 Å². The van der Waals surface area contributed by atoms with E-state index >= 15 is 0 Å². The van der Waals surface area contributed by atoms with E-state index in [1.54, 1.807) is 0 Å². The molecule has 0 unspecified atom stereocenters. The van der Waals surface area contributed by atoms with E-state index in [-0.39, 0.29) is 5.97 Å². The summed E-state index contributed by atoms with van der Waals surface area (Å²) in [4.78, 5) is 14.6. The predicted molar refractivity (Wildman–Crippen MR) is 89.7 cm³/mol. The van der Waals surface area contributed by atoms with Gasteiger partial charge in [-0.05, 0) is 24.9 Å². The predicted octanol–water partition coefficient (Wildman–Crippen LogP) is 4.12. The molecule has 1 heterocycles. The van der Waals surface area contributed by atoms with Gasteiger partial charge in [-0.2, -0.15) is 0 Å². The van der Waals surface area contributed by atoms with Crippen LogP contribution in [0.1, 0.15) is 57.9 Å². The molecule has 0 saturated carbocycles. The van der Waals surface area contributed by atoms with Crippen LogP contribution in [0.4, 0.5) is 0 Å². The molecule has 0 radical (unpaired) electrons. The number of piperidine rings is 1. The van der Waals surface area contributed by atoms with Crippen LogP contribution >= 0.6 is 0 Å². The lowest BCUT2D eigenvalue weighted by Gasteiger charge is -2.41. The molecule has 22 heavy (non-hydrogen) atoms. The molecule has 1 aliphatic rings. The van der Waals surface area contributed by atoms with Crippen molar-refractivity contribution in [2.45, 2.75) is 58.0 Å². The van der Waals surface area contributed by atoms with E-state index in [1.807, 2.05) is 25.1 Å². The first-order valence-electron chi connectivity index (χ1n) is 8.70. The monoisotopic (exact) mass is 303 g/mol. The second-order valence-electron chi connectivity index (χ2n) is 6.28. The average molecular weight is 303 g/mol. The standard InChI is InChI=1S/C19H29NO2/c1-3-5-14-20-15-12-19(13-16-20,22-18(21)9-4-2)17-10-7-6-8-11-17/h6-8,10-11H,3-5,9,12-16H2,1-2H3. The highest BCUT2D eigenvalue weighted by atomic mass is 16.6. The van der Waals surface area contributed by atoms with Crippen molar-refractivity contribution in [3.63, 3.8) is 0 Å². The molecular weight excluding hydrogens is 274 g/mol. The number of nitrogens with zero attached hydrogens (tertiary/aromatic N) is 1. The van der Waals surface area contributed by atoms with Crippen molar-refractivity contribution >= 4 is 5.97 Å². The SMILES string of the molecule is CCCCN1CCC(OC(=O)CCC)(c2ccccc2)CC1. The molecule has 1 aliphatic heterocycles. The summed E-state index contributed by atoms with van der Waals surface area (Å²) in [6.07, 6.45) is 5.62. The first-order chi connectivity index (χ1) is 10.7. The Hall–Kier alpha value is -1.35. The summed E-state index contributed by atoms with van der Waals surface area (Å²) in [6, 6.07) is 10.3. The fraction of sp³-hybridized carbons (Fsp3) is 0.632. The minimum atomic E-state index is -0.420. The van der Waals surface area contributed by atoms with Crippen molar-refractivity contribution < 1.29 is 9.53 Å². The largest absolute Gasteiger partial charge is 0.454 e. The number of benzene rings is 1. The number of hydrogen-bond acceptors (Lipinski definition) is 3. The van der Waals surface area contributed by atoms with Crippen LogP contribution in [0.25, 0.3) is 0 Å². The normalized spacial score (nSPS) is 18.1. The van der Waals surface area contributed by atoms with Crippen LogP contribution < -0.4 is 0 Å². The van der Waals surface area contributed by atoms with E-state index < -0.39 is 5.60 Å². The molecule has 0 aliphatic carbocycles. The van der Waals surface area contributed by atoms with Crippen LogP contribution in [0.3, 0.4) is 0 Å². The second kappa shape index (κ2) is 8.33. The van der Waals surface area contributed by atoms with Gasteiger partial charge >= 0.3 is 5.97 Å². The molecule has 1 saturated heterocycles. The van der Waals surface area contributed by atoms with E-state index in [2.05, 4.69) is 24.0 Å². The van der Waals surface area contributed by atoms with Crippen molar-refractivity contribution in [1.29, 1.82) is 0 Å². The van der Waals surface area contributed by atoms with Crippen LogP contribution in [0.15, 0.2) is 30.3 Å². The average Bonchev–Trinajstić information content (AvgIpc) is 2.55. The third-order valence-corrected chi connectivity index (χ3v) is 4.55. The summed E-state index contributed by atoms with van der Waals surface area (Å²) in [7, 11) is 0. The van der Waals surface area contributed by atoms with Gasteiger partial charge in [0.25, 0.3) is 0 Å². The van der Waals surface area contributed by atoms with Gasteiger partial charge in [0.2, 0.25) is 0 Å². The molecule has 2 rings (SSSR count). The Morgan fingerprint density at radius 3 is 2.41 bits per heavy atom. The van der Waals surface area contributed by atoms with Crippen molar-refractivity contribution in [3.05, 3.63) is 35.9 Å². The van der Waals surface area contributed by atoms with Gasteiger partial charge in [0.05, 0.1) is 0 Å². The van der Waals surface area contributed by atoms with Gasteiger partial charge in [-0.25, -0.2) is 0 Å². The van der Waals surface area contributed by atoms with Crippen molar-refractivity contribution in [3.8, 4) is 0 Å². The van der Waals surface area contributed by atoms with Gasteiger partial charge in [0.1, 0.15) is 5.60 Å². The molecule has 0 atom stereocenters. The number of ether oxygens (including phenoxy) is 1. The van der Waals surface area contributed by atoms with Gasteiger partial charge < -0.3 is 9.64 Å². The molecule has 1 aromatic rings. The number of esters is 1. The summed E-state index contributed by atoms with van der Waals surface area (Å²) in [5.41, 5.74) is 0.727. The minimum Gasteiger partial charge on any atom is -0.454 e. The fourth-order valence-corrected chi connectivity index (χ4v) is 3.18. The smallest absolute Gasteiger partial charge is 0.306 e. The van der Waals surface area contributed by atoms with Crippen molar-refractivity contribution in [2.24, 2.45) is 0 Å². The van der Waals surface area contributed by atoms with Crippen molar-refractivity contribution in [2.75, 3.05) is 19.6 Å². The Morgan fingerprint density at radius 1 is 1.14 bits per heavy atom. The molecule has 1 fully saturated rings. The van der Waals surface area contributed by atoms with Crippen LogP contribution in [-0.4, -0.2) is 30.5 Å². The number of carbonyl (C=O) groups is 1. The minimum absolute atomic E-state index is 0.0617. The lowest BCUT2D eigenvalue weighted by atomic mass is 9.84. The quantitative estimate of drug-likeness (QED) is 0.710. The summed E-state index contributed by atoms with van der Waals surface area (Å²) in [5.74, 6) is -0.0617. The van der Waals surface area contributed by atoms with Crippen molar-refractivity contribution in [1.82, 2.24) is 4.90 Å². The fourth-order valence-electron chi connectivity index (χ4n) is 3.18. The highest BCUT2D eigenvalue weighted by Crippen LogP contribution is 2.37. The number of rotatable bonds is 7. The number of carbonyl (C=O) groups excluding carboxylic acids is 1. The number of hydrogen-bond donors (Lipinski definition) is 0. The highest BCUT2D eigenvalue weighted by molar-refractivity contribution is 5.70. The maximum Gasteiger partial charge on any atom is 0.306 e. The summed E-state index contributed by atoms with van der Waals surface area (Å²) in [6.45, 7) is 7.42. The zero-order valence-corrected chi connectivity index (χ0v) is 14.0. The highest BCUT2D eigenvalue weighted by Gasteiger charge is 2.39. The Labute approximate surface area is 134 Å². The van der Waals surface area contributed by atoms with E-state index in [9.17, 15) is 4.79 Å². The first-order valence-corrected chi connectivity index (χ1v) is 8.70. The molecule has 0 spiro atoms. The van der Waals surface area contributed by atoms with Crippen LogP contribution in [0, 0.1) is 0 Å². The second-order valence-corrected chi connectivity index (χ2v) is 6.28. The molecule has 0 amide bonds. The first kappa shape index (κ1) is 17.0. The Bertz CT molecular complexity index is 450.